The molecule has 16 heavy (non-hydrogen) atoms. The number of aryl methyl sites for hydroxylation is 1. The van der Waals surface area contributed by atoms with Gasteiger partial charge in [-0.2, -0.15) is 5.10 Å². The van der Waals surface area contributed by atoms with Crippen LogP contribution in [0.4, 0.5) is 4.39 Å². The number of aliphatic carboxylic acids is 1. The first-order valence-corrected chi connectivity index (χ1v) is 4.98. The number of aromatic nitrogens is 2. The van der Waals surface area contributed by atoms with Crippen molar-refractivity contribution < 1.29 is 14.3 Å². The van der Waals surface area contributed by atoms with Crippen molar-refractivity contribution in [1.82, 2.24) is 9.78 Å². The highest BCUT2D eigenvalue weighted by atomic mass is 19.1. The van der Waals surface area contributed by atoms with E-state index >= 15 is 0 Å². The van der Waals surface area contributed by atoms with Crippen LogP contribution in [0.2, 0.25) is 0 Å². The number of carboxylic acids is 1. The van der Waals surface area contributed by atoms with Gasteiger partial charge in [-0.3, -0.25) is 9.48 Å². The lowest BCUT2D eigenvalue weighted by atomic mass is 10.1. The van der Waals surface area contributed by atoms with Crippen LogP contribution in [0, 0.1) is 5.82 Å². The maximum atomic E-state index is 13.0. The molecule has 0 aliphatic carbocycles. The van der Waals surface area contributed by atoms with Crippen LogP contribution in [-0.2, 0) is 17.8 Å². The van der Waals surface area contributed by atoms with E-state index in [9.17, 15) is 9.18 Å². The number of rotatable bonds is 3. The molecule has 0 fully saturated rings. The molecule has 4 nitrogen and oxygen atoms in total. The van der Waals surface area contributed by atoms with Crippen molar-refractivity contribution in [3.8, 4) is 0 Å². The maximum absolute atomic E-state index is 13.0. The van der Waals surface area contributed by atoms with Gasteiger partial charge in [-0.05, 0) is 19.1 Å². The van der Waals surface area contributed by atoms with Crippen LogP contribution in [0.25, 0.3) is 10.9 Å². The Balaban J connectivity index is 2.63. The van der Waals surface area contributed by atoms with E-state index in [4.69, 9.17) is 5.11 Å². The number of halogens is 1. The minimum Gasteiger partial charge on any atom is -0.481 e. The number of nitrogens with zero attached hydrogens (tertiary/aromatic N) is 2. The molecule has 0 bridgehead atoms. The molecule has 1 N–H and O–H groups in total. The van der Waals surface area contributed by atoms with Crippen molar-refractivity contribution in [3.05, 3.63) is 29.7 Å². The molecule has 1 aromatic carbocycles. The molecule has 5 heteroatoms. The SMILES string of the molecule is CCn1nc2cc(F)ccc2c1CC(=O)O. The first kappa shape index (κ1) is 10.6. The van der Waals surface area contributed by atoms with E-state index in [2.05, 4.69) is 5.10 Å². The molecule has 2 rings (SSSR count). The van der Waals surface area contributed by atoms with Gasteiger partial charge in [0.25, 0.3) is 0 Å². The van der Waals surface area contributed by atoms with Gasteiger partial charge in [-0.25, -0.2) is 4.39 Å². The summed E-state index contributed by atoms with van der Waals surface area (Å²) in [6.07, 6.45) is -0.101. The molecule has 0 saturated heterocycles. The predicted molar refractivity (Wildman–Crippen MR) is 56.7 cm³/mol. The fraction of sp³-hybridized carbons (Fsp3) is 0.273. The summed E-state index contributed by atoms with van der Waals surface area (Å²) >= 11 is 0. The minimum atomic E-state index is -0.916. The first-order chi connectivity index (χ1) is 7.61. The van der Waals surface area contributed by atoms with Gasteiger partial charge >= 0.3 is 5.97 Å². The van der Waals surface area contributed by atoms with Gasteiger partial charge in [0, 0.05) is 18.0 Å². The molecular formula is C11H11FN2O2. The summed E-state index contributed by atoms with van der Waals surface area (Å²) in [4.78, 5) is 10.7. The zero-order valence-electron chi connectivity index (χ0n) is 8.77. The fourth-order valence-electron chi connectivity index (χ4n) is 1.75. The Morgan fingerprint density at radius 2 is 2.31 bits per heavy atom. The number of benzene rings is 1. The Kier molecular flexibility index (Phi) is 2.60. The summed E-state index contributed by atoms with van der Waals surface area (Å²) in [5.74, 6) is -1.28. The Bertz CT molecular complexity index is 548. The lowest BCUT2D eigenvalue weighted by molar-refractivity contribution is -0.136. The average molecular weight is 222 g/mol. The molecule has 2 aromatic rings. The monoisotopic (exact) mass is 222 g/mol. The minimum absolute atomic E-state index is 0.101. The Hall–Kier alpha value is -1.91. The molecular weight excluding hydrogens is 211 g/mol. The molecule has 0 amide bonds. The van der Waals surface area contributed by atoms with Crippen LogP contribution < -0.4 is 0 Å². The smallest absolute Gasteiger partial charge is 0.309 e. The molecule has 0 spiro atoms. The van der Waals surface area contributed by atoms with Crippen LogP contribution >= 0.6 is 0 Å². The number of carboxylic acid groups (broad SMARTS) is 1. The first-order valence-electron chi connectivity index (χ1n) is 4.98. The van der Waals surface area contributed by atoms with E-state index in [0.29, 0.717) is 23.1 Å². The highest BCUT2D eigenvalue weighted by molar-refractivity contribution is 5.85. The summed E-state index contributed by atoms with van der Waals surface area (Å²) in [6.45, 7) is 2.44. The summed E-state index contributed by atoms with van der Waals surface area (Å²) < 4.78 is 14.6. The molecule has 1 aromatic heterocycles. The van der Waals surface area contributed by atoms with Crippen molar-refractivity contribution in [2.45, 2.75) is 19.9 Å². The van der Waals surface area contributed by atoms with E-state index in [-0.39, 0.29) is 12.2 Å². The second-order valence-corrected chi connectivity index (χ2v) is 3.49. The second-order valence-electron chi connectivity index (χ2n) is 3.49. The molecule has 84 valence electrons. The van der Waals surface area contributed by atoms with Crippen LogP contribution in [0.1, 0.15) is 12.6 Å². The van der Waals surface area contributed by atoms with E-state index in [1.54, 1.807) is 10.7 Å². The number of hydrogen-bond donors (Lipinski definition) is 1. The van der Waals surface area contributed by atoms with Gasteiger partial charge in [0.05, 0.1) is 17.6 Å². The highest BCUT2D eigenvalue weighted by Gasteiger charge is 2.13. The highest BCUT2D eigenvalue weighted by Crippen LogP contribution is 2.20. The van der Waals surface area contributed by atoms with Gasteiger partial charge in [-0.1, -0.05) is 0 Å². The zero-order chi connectivity index (χ0) is 11.7. The van der Waals surface area contributed by atoms with E-state index < -0.39 is 5.97 Å². The van der Waals surface area contributed by atoms with Crippen molar-refractivity contribution >= 4 is 16.9 Å². The Labute approximate surface area is 91.3 Å². The van der Waals surface area contributed by atoms with Gasteiger partial charge < -0.3 is 5.11 Å². The third-order valence-corrected chi connectivity index (χ3v) is 2.43. The van der Waals surface area contributed by atoms with Crippen molar-refractivity contribution in [1.29, 1.82) is 0 Å². The van der Waals surface area contributed by atoms with Gasteiger partial charge in [0.2, 0.25) is 0 Å². The number of hydrogen-bond acceptors (Lipinski definition) is 2. The van der Waals surface area contributed by atoms with Crippen LogP contribution in [0.5, 0.6) is 0 Å². The van der Waals surface area contributed by atoms with Crippen molar-refractivity contribution in [3.63, 3.8) is 0 Å². The lowest BCUT2D eigenvalue weighted by Gasteiger charge is -2.01. The Morgan fingerprint density at radius 3 is 2.94 bits per heavy atom. The predicted octanol–water partition coefficient (Wildman–Crippen LogP) is 1.82. The molecule has 0 atom stereocenters. The number of fused-ring (bicyclic) bond motifs is 1. The average Bonchev–Trinajstić information content (AvgIpc) is 2.55. The van der Waals surface area contributed by atoms with Crippen LogP contribution in [0.15, 0.2) is 18.2 Å². The maximum Gasteiger partial charge on any atom is 0.309 e. The second kappa shape index (κ2) is 3.92. The summed E-state index contributed by atoms with van der Waals surface area (Å²) in [5.41, 5.74) is 1.11. The third kappa shape index (κ3) is 1.76. The molecule has 0 aliphatic heterocycles. The fourth-order valence-corrected chi connectivity index (χ4v) is 1.75. The van der Waals surface area contributed by atoms with Crippen molar-refractivity contribution in [2.75, 3.05) is 0 Å². The van der Waals surface area contributed by atoms with Crippen molar-refractivity contribution in [2.24, 2.45) is 0 Å². The van der Waals surface area contributed by atoms with E-state index in [1.165, 1.54) is 12.1 Å². The molecule has 0 unspecified atom stereocenters. The molecule has 0 radical (unpaired) electrons. The zero-order valence-corrected chi connectivity index (χ0v) is 8.77. The Morgan fingerprint density at radius 1 is 1.56 bits per heavy atom. The van der Waals surface area contributed by atoms with E-state index in [1.807, 2.05) is 6.92 Å². The molecule has 1 heterocycles. The van der Waals surface area contributed by atoms with E-state index in [0.717, 1.165) is 0 Å². The topological polar surface area (TPSA) is 55.1 Å². The largest absolute Gasteiger partial charge is 0.481 e. The molecule has 0 aliphatic rings. The number of carbonyl (C=O) groups is 1. The summed E-state index contributed by atoms with van der Waals surface area (Å²) in [6, 6.07) is 4.20. The normalized spacial score (nSPS) is 10.9. The standard InChI is InChI=1S/C11H11FN2O2/c1-2-14-10(6-11(15)16)8-4-3-7(12)5-9(8)13-14/h3-5H,2,6H2,1H3,(H,15,16). The van der Waals surface area contributed by atoms with Gasteiger partial charge in [0.1, 0.15) is 5.82 Å². The van der Waals surface area contributed by atoms with Gasteiger partial charge in [-0.15, -0.1) is 0 Å². The third-order valence-electron chi connectivity index (χ3n) is 2.43. The lowest BCUT2D eigenvalue weighted by Crippen LogP contribution is -2.08. The quantitative estimate of drug-likeness (QED) is 0.861. The summed E-state index contributed by atoms with van der Waals surface area (Å²) in [5, 5.41) is 13.7. The van der Waals surface area contributed by atoms with Crippen LogP contribution in [-0.4, -0.2) is 20.9 Å². The van der Waals surface area contributed by atoms with Gasteiger partial charge in [0.15, 0.2) is 0 Å². The van der Waals surface area contributed by atoms with Crippen LogP contribution in [0.3, 0.4) is 0 Å². The molecule has 0 saturated carbocycles. The summed E-state index contributed by atoms with van der Waals surface area (Å²) in [7, 11) is 0.